The molecule has 4 rings (SSSR count). The molecular weight excluding hydrogens is 636 g/mol. The Morgan fingerprint density at radius 2 is 1.70 bits per heavy atom. The Balaban J connectivity index is 1.36. The van der Waals surface area contributed by atoms with E-state index < -0.39 is 22.5 Å². The van der Waals surface area contributed by atoms with Gasteiger partial charge in [0.1, 0.15) is 18.0 Å². The summed E-state index contributed by atoms with van der Waals surface area (Å²) in [5.41, 5.74) is 4.35. The molecule has 2 N–H and O–H groups in total. The predicted octanol–water partition coefficient (Wildman–Crippen LogP) is 4.94. The molecule has 0 saturated heterocycles. The number of benzene rings is 3. The van der Waals surface area contributed by atoms with E-state index in [0.29, 0.717) is 27.2 Å². The monoisotopic (exact) mass is 670 g/mol. The lowest BCUT2D eigenvalue weighted by Gasteiger charge is -2.24. The van der Waals surface area contributed by atoms with Crippen LogP contribution in [0.4, 0.5) is 5.69 Å². The number of ether oxygens (including phenoxy) is 2. The standard InChI is InChI=1S/C31H35BrN4O6S/c1-22-8-12-25(13-9-22)36(43(39,40)27-16-17-29(41-2)28(32)18-27)20-30(37)35-33-19-23-10-14-26(15-11-23)42-21-31(38)34-24-6-4-3-5-7-24/h8-19,24H,3-7,20-21H2,1-2H3,(H,34,38)(H,35,37)/b33-19-. The maximum atomic E-state index is 13.6. The van der Waals surface area contributed by atoms with Gasteiger partial charge in [0.25, 0.3) is 21.8 Å². The van der Waals surface area contributed by atoms with Crippen LogP contribution in [-0.2, 0) is 19.6 Å². The summed E-state index contributed by atoms with van der Waals surface area (Å²) in [4.78, 5) is 25.0. The van der Waals surface area contributed by atoms with Gasteiger partial charge in [-0.1, -0.05) is 37.0 Å². The molecule has 3 aromatic carbocycles. The third-order valence-electron chi connectivity index (χ3n) is 6.94. The second-order valence-corrected chi connectivity index (χ2v) is 12.9. The molecule has 0 aliphatic heterocycles. The molecule has 0 bridgehead atoms. The van der Waals surface area contributed by atoms with Crippen molar-refractivity contribution >= 4 is 49.7 Å². The molecule has 0 heterocycles. The molecule has 10 nitrogen and oxygen atoms in total. The van der Waals surface area contributed by atoms with Gasteiger partial charge in [-0.3, -0.25) is 13.9 Å². The van der Waals surface area contributed by atoms with Crippen LogP contribution in [0.25, 0.3) is 0 Å². The Labute approximate surface area is 260 Å². The van der Waals surface area contributed by atoms with Gasteiger partial charge in [-0.2, -0.15) is 5.10 Å². The lowest BCUT2D eigenvalue weighted by Crippen LogP contribution is -2.39. The number of halogens is 1. The fourth-order valence-electron chi connectivity index (χ4n) is 4.62. The predicted molar refractivity (Wildman–Crippen MR) is 169 cm³/mol. The minimum absolute atomic E-state index is 0.00849. The first-order valence-corrected chi connectivity index (χ1v) is 16.2. The average Bonchev–Trinajstić information content (AvgIpc) is 3.00. The summed E-state index contributed by atoms with van der Waals surface area (Å²) in [7, 11) is -2.63. The number of nitrogens with one attached hydrogen (secondary N) is 2. The third kappa shape index (κ3) is 9.04. The zero-order chi connectivity index (χ0) is 30.8. The fraction of sp³-hybridized carbons (Fsp3) is 0.323. The van der Waals surface area contributed by atoms with E-state index in [9.17, 15) is 18.0 Å². The normalized spacial score (nSPS) is 13.8. The van der Waals surface area contributed by atoms with E-state index >= 15 is 0 Å². The highest BCUT2D eigenvalue weighted by Crippen LogP contribution is 2.30. The molecule has 1 aliphatic rings. The smallest absolute Gasteiger partial charge is 0.264 e. The van der Waals surface area contributed by atoms with Crippen molar-refractivity contribution in [1.82, 2.24) is 10.7 Å². The topological polar surface area (TPSA) is 126 Å². The van der Waals surface area contributed by atoms with Crippen LogP contribution in [-0.4, -0.2) is 52.8 Å². The number of aryl methyl sites for hydroxylation is 1. The van der Waals surface area contributed by atoms with Crippen LogP contribution < -0.4 is 24.5 Å². The van der Waals surface area contributed by atoms with E-state index in [1.807, 2.05) is 6.92 Å². The van der Waals surface area contributed by atoms with Gasteiger partial charge in [0.05, 0.1) is 28.4 Å². The molecule has 1 fully saturated rings. The van der Waals surface area contributed by atoms with Crippen molar-refractivity contribution in [3.63, 3.8) is 0 Å². The first-order valence-electron chi connectivity index (χ1n) is 13.9. The van der Waals surface area contributed by atoms with Gasteiger partial charge in [0.15, 0.2) is 6.61 Å². The van der Waals surface area contributed by atoms with E-state index in [1.165, 1.54) is 37.9 Å². The van der Waals surface area contributed by atoms with Gasteiger partial charge in [-0.25, -0.2) is 13.8 Å². The van der Waals surface area contributed by atoms with Crippen LogP contribution in [0.5, 0.6) is 11.5 Å². The van der Waals surface area contributed by atoms with Crippen LogP contribution >= 0.6 is 15.9 Å². The average molecular weight is 672 g/mol. The first-order chi connectivity index (χ1) is 20.7. The molecule has 43 heavy (non-hydrogen) atoms. The number of hydrogen-bond acceptors (Lipinski definition) is 7. The van der Waals surface area contributed by atoms with Crippen molar-refractivity contribution in [2.75, 3.05) is 24.6 Å². The van der Waals surface area contributed by atoms with Gasteiger partial charge in [0.2, 0.25) is 0 Å². The molecule has 2 amide bonds. The quantitative estimate of drug-likeness (QED) is 0.208. The highest BCUT2D eigenvalue weighted by Gasteiger charge is 2.28. The van der Waals surface area contributed by atoms with E-state index in [0.717, 1.165) is 35.6 Å². The number of hydrogen-bond donors (Lipinski definition) is 2. The number of amides is 2. The summed E-state index contributed by atoms with van der Waals surface area (Å²) in [6, 6.07) is 18.3. The third-order valence-corrected chi connectivity index (χ3v) is 9.33. The van der Waals surface area contributed by atoms with Crippen molar-refractivity contribution in [3.05, 3.63) is 82.3 Å². The number of methoxy groups -OCH3 is 1. The highest BCUT2D eigenvalue weighted by atomic mass is 79.9. The largest absolute Gasteiger partial charge is 0.496 e. The lowest BCUT2D eigenvalue weighted by atomic mass is 9.95. The van der Waals surface area contributed by atoms with Crippen LogP contribution in [0, 0.1) is 6.92 Å². The zero-order valence-corrected chi connectivity index (χ0v) is 26.5. The molecule has 12 heteroatoms. The number of nitrogens with zero attached hydrogens (tertiary/aromatic N) is 2. The van der Waals surface area contributed by atoms with E-state index in [1.54, 1.807) is 48.5 Å². The number of hydrazone groups is 1. The Bertz CT molecular complexity index is 1540. The molecule has 0 spiro atoms. The maximum Gasteiger partial charge on any atom is 0.264 e. The van der Waals surface area contributed by atoms with Crippen LogP contribution in [0.1, 0.15) is 43.2 Å². The molecular formula is C31H35BrN4O6S. The number of carbonyl (C=O) groups is 2. The summed E-state index contributed by atoms with van der Waals surface area (Å²) < 4.78 is 39.6. The van der Waals surface area contributed by atoms with Crippen molar-refractivity contribution in [3.8, 4) is 11.5 Å². The molecule has 1 saturated carbocycles. The Hall–Kier alpha value is -3.90. The molecule has 0 unspecified atom stereocenters. The first kappa shape index (κ1) is 32.0. The Kier molecular flexibility index (Phi) is 11.2. The summed E-state index contributed by atoms with van der Waals surface area (Å²) in [5, 5.41) is 7.01. The number of sulfonamides is 1. The molecule has 228 valence electrons. The van der Waals surface area contributed by atoms with Gasteiger partial charge < -0.3 is 14.8 Å². The lowest BCUT2D eigenvalue weighted by molar-refractivity contribution is -0.124. The molecule has 0 atom stereocenters. The summed E-state index contributed by atoms with van der Waals surface area (Å²) in [6.07, 6.45) is 6.96. The van der Waals surface area contributed by atoms with Crippen LogP contribution in [0.2, 0.25) is 0 Å². The van der Waals surface area contributed by atoms with Crippen LogP contribution in [0.15, 0.2) is 81.2 Å². The van der Waals surface area contributed by atoms with E-state index in [-0.39, 0.29) is 23.5 Å². The SMILES string of the molecule is COc1ccc(S(=O)(=O)N(CC(=O)N/N=C\c2ccc(OCC(=O)NC3CCCCC3)cc2)c2ccc(C)cc2)cc1Br. The zero-order valence-electron chi connectivity index (χ0n) is 24.1. The van der Waals surface area contributed by atoms with Gasteiger partial charge in [0, 0.05) is 6.04 Å². The minimum atomic E-state index is -4.12. The van der Waals surface area contributed by atoms with E-state index in [2.05, 4.69) is 31.8 Å². The van der Waals surface area contributed by atoms with Crippen molar-refractivity contribution in [2.45, 2.75) is 50.0 Å². The summed E-state index contributed by atoms with van der Waals surface area (Å²) in [5.74, 6) is 0.246. The van der Waals surface area contributed by atoms with Gasteiger partial charge in [-0.05, 0) is 95.9 Å². The number of carbonyl (C=O) groups excluding carboxylic acids is 2. The number of rotatable bonds is 12. The molecule has 1 aliphatic carbocycles. The Morgan fingerprint density at radius 3 is 2.35 bits per heavy atom. The Morgan fingerprint density at radius 1 is 1.00 bits per heavy atom. The molecule has 0 aromatic heterocycles. The molecule has 3 aromatic rings. The van der Waals surface area contributed by atoms with Gasteiger partial charge in [-0.15, -0.1) is 0 Å². The molecule has 0 radical (unpaired) electrons. The van der Waals surface area contributed by atoms with Crippen LogP contribution in [0.3, 0.4) is 0 Å². The van der Waals surface area contributed by atoms with Crippen molar-refractivity contribution in [1.29, 1.82) is 0 Å². The summed E-state index contributed by atoms with van der Waals surface area (Å²) in [6.45, 7) is 1.33. The fourth-order valence-corrected chi connectivity index (χ4v) is 6.76. The minimum Gasteiger partial charge on any atom is -0.496 e. The highest BCUT2D eigenvalue weighted by molar-refractivity contribution is 9.10. The summed E-state index contributed by atoms with van der Waals surface area (Å²) >= 11 is 3.33. The maximum absolute atomic E-state index is 13.6. The van der Waals surface area contributed by atoms with Gasteiger partial charge >= 0.3 is 0 Å². The second-order valence-electron chi connectivity index (χ2n) is 10.2. The second kappa shape index (κ2) is 15.0. The van der Waals surface area contributed by atoms with Crippen molar-refractivity contribution < 1.29 is 27.5 Å². The number of anilines is 1. The van der Waals surface area contributed by atoms with Crippen molar-refractivity contribution in [2.24, 2.45) is 5.10 Å². The van der Waals surface area contributed by atoms with E-state index in [4.69, 9.17) is 9.47 Å².